The highest BCUT2D eigenvalue weighted by molar-refractivity contribution is 5.99. The number of hydrogen-bond donors (Lipinski definition) is 1. The summed E-state index contributed by atoms with van der Waals surface area (Å²) in [6.45, 7) is 5.99. The molecule has 134 valence electrons. The van der Waals surface area contributed by atoms with Gasteiger partial charge in [0.2, 0.25) is 0 Å². The monoisotopic (exact) mass is 352 g/mol. The fraction of sp³-hybridized carbons (Fsp3) is 0.412. The van der Waals surface area contributed by atoms with Crippen molar-refractivity contribution in [3.63, 3.8) is 0 Å². The van der Waals surface area contributed by atoms with E-state index in [2.05, 4.69) is 5.10 Å². The first-order valence-corrected chi connectivity index (χ1v) is 7.86. The van der Waals surface area contributed by atoms with Crippen molar-refractivity contribution in [3.8, 4) is 5.69 Å². The number of fused-ring (bicyclic) bond motifs is 1. The number of rotatable bonds is 1. The van der Waals surface area contributed by atoms with Crippen LogP contribution >= 0.6 is 0 Å². The van der Waals surface area contributed by atoms with Gasteiger partial charge in [0.25, 0.3) is 0 Å². The Bertz CT molecular complexity index is 833. The molecule has 0 saturated carbocycles. The second-order valence-corrected chi connectivity index (χ2v) is 7.13. The molecule has 0 atom stereocenters. The molecule has 0 fully saturated rings. The number of hydrogen-bond acceptors (Lipinski definition) is 3. The van der Waals surface area contributed by atoms with Gasteiger partial charge in [-0.15, -0.1) is 0 Å². The lowest BCUT2D eigenvalue weighted by Gasteiger charge is -2.19. The highest BCUT2D eigenvalue weighted by Crippen LogP contribution is 2.34. The van der Waals surface area contributed by atoms with E-state index in [1.54, 1.807) is 18.2 Å². The van der Waals surface area contributed by atoms with Gasteiger partial charge in [-0.05, 0) is 24.1 Å². The van der Waals surface area contributed by atoms with E-state index in [0.717, 1.165) is 10.6 Å². The Kier molecular flexibility index (Phi) is 3.81. The predicted molar refractivity (Wildman–Crippen MR) is 88.8 cm³/mol. The molecule has 5 nitrogen and oxygen atoms in total. The zero-order valence-corrected chi connectivity index (χ0v) is 14.2. The second kappa shape index (κ2) is 5.50. The molecule has 0 spiro atoms. The molecule has 0 radical (unpaired) electrons. The summed E-state index contributed by atoms with van der Waals surface area (Å²) in [4.78, 5) is 12.4. The van der Waals surface area contributed by atoms with Crippen LogP contribution in [0.3, 0.4) is 0 Å². The Morgan fingerprint density at radius 3 is 2.44 bits per heavy atom. The minimum absolute atomic E-state index is 0.0129. The summed E-state index contributed by atoms with van der Waals surface area (Å²) in [6.07, 6.45) is -4.51. The quantitative estimate of drug-likeness (QED) is 0.857. The molecule has 8 heteroatoms. The molecule has 3 rings (SSSR count). The number of benzene rings is 1. The van der Waals surface area contributed by atoms with Crippen LogP contribution in [-0.4, -0.2) is 28.4 Å². The second-order valence-electron chi connectivity index (χ2n) is 7.13. The number of halogens is 3. The topological polar surface area (TPSA) is 64.2 Å². The first kappa shape index (κ1) is 17.3. The number of anilines is 2. The lowest BCUT2D eigenvalue weighted by Crippen LogP contribution is -2.40. The summed E-state index contributed by atoms with van der Waals surface area (Å²) >= 11 is 0. The molecule has 0 bridgehead atoms. The zero-order chi connectivity index (χ0) is 18.6. The van der Waals surface area contributed by atoms with Gasteiger partial charge in [-0.1, -0.05) is 26.8 Å². The Labute approximate surface area is 143 Å². The smallest absolute Gasteiger partial charge is 0.384 e. The number of carbonyl (C=O) groups excluding carboxylic acids is 1. The van der Waals surface area contributed by atoms with E-state index >= 15 is 0 Å². The Hall–Kier alpha value is -2.51. The Morgan fingerprint density at radius 1 is 1.20 bits per heavy atom. The molecule has 1 aliphatic heterocycles. The highest BCUT2D eigenvalue weighted by Gasteiger charge is 2.44. The maximum Gasteiger partial charge on any atom is 0.471 e. The average Bonchev–Trinajstić information content (AvgIpc) is 3.07. The molecular weight excluding hydrogens is 333 g/mol. The summed E-state index contributed by atoms with van der Waals surface area (Å²) < 4.78 is 39.8. The Morgan fingerprint density at radius 2 is 1.88 bits per heavy atom. The van der Waals surface area contributed by atoms with E-state index < -0.39 is 12.1 Å². The van der Waals surface area contributed by atoms with Crippen LogP contribution in [0.5, 0.6) is 0 Å². The lowest BCUT2D eigenvalue weighted by atomic mass is 9.92. The number of amides is 1. The van der Waals surface area contributed by atoms with E-state index in [9.17, 15) is 18.0 Å². The van der Waals surface area contributed by atoms with Crippen LogP contribution < -0.4 is 10.6 Å². The first-order valence-electron chi connectivity index (χ1n) is 7.86. The highest BCUT2D eigenvalue weighted by atomic mass is 19.4. The molecule has 2 aromatic rings. The number of alkyl halides is 3. The van der Waals surface area contributed by atoms with Gasteiger partial charge >= 0.3 is 12.1 Å². The SMILES string of the molecule is CC(C)(C)c1cc(N)n(-c2ccc3c(c2)N(C(=O)C(F)(F)F)CC3)n1. The van der Waals surface area contributed by atoms with Crippen LogP contribution in [0.15, 0.2) is 24.3 Å². The molecule has 2 heterocycles. The number of carbonyl (C=O) groups is 1. The van der Waals surface area contributed by atoms with Gasteiger partial charge in [-0.3, -0.25) is 4.79 Å². The molecule has 1 aromatic carbocycles. The third-order valence-corrected chi connectivity index (χ3v) is 4.20. The largest absolute Gasteiger partial charge is 0.471 e. The molecule has 2 N–H and O–H groups in total. The third kappa shape index (κ3) is 3.08. The number of nitrogen functional groups attached to an aromatic ring is 1. The van der Waals surface area contributed by atoms with Gasteiger partial charge in [0.1, 0.15) is 5.82 Å². The summed E-state index contributed by atoms with van der Waals surface area (Å²) in [5, 5.41) is 4.46. The van der Waals surface area contributed by atoms with Crippen LogP contribution in [0, 0.1) is 0 Å². The molecule has 1 aromatic heterocycles. The summed E-state index contributed by atoms with van der Waals surface area (Å²) in [5.74, 6) is -1.47. The van der Waals surface area contributed by atoms with Gasteiger partial charge in [-0.25, -0.2) is 4.68 Å². The summed E-state index contributed by atoms with van der Waals surface area (Å²) in [6, 6.07) is 6.73. The summed E-state index contributed by atoms with van der Waals surface area (Å²) in [7, 11) is 0. The maximum atomic E-state index is 12.8. The van der Waals surface area contributed by atoms with Crippen molar-refractivity contribution in [2.75, 3.05) is 17.2 Å². The van der Waals surface area contributed by atoms with Gasteiger partial charge in [0, 0.05) is 23.7 Å². The maximum absolute atomic E-state index is 12.8. The standard InChI is InChI=1S/C17H19F3N4O/c1-16(2,3)13-9-14(21)24(22-13)11-5-4-10-6-7-23(12(10)8-11)15(25)17(18,19)20/h4-5,8-9H,6-7,21H2,1-3H3. The molecule has 0 unspecified atom stereocenters. The molecular formula is C17H19F3N4O. The van der Waals surface area contributed by atoms with Gasteiger partial charge < -0.3 is 10.6 Å². The van der Waals surface area contributed by atoms with Crippen molar-refractivity contribution in [2.24, 2.45) is 0 Å². The van der Waals surface area contributed by atoms with Crippen molar-refractivity contribution in [2.45, 2.75) is 38.8 Å². The minimum Gasteiger partial charge on any atom is -0.384 e. The van der Waals surface area contributed by atoms with E-state index in [-0.39, 0.29) is 17.6 Å². The third-order valence-electron chi connectivity index (χ3n) is 4.20. The normalized spacial score (nSPS) is 14.7. The van der Waals surface area contributed by atoms with Crippen molar-refractivity contribution in [1.82, 2.24) is 9.78 Å². The van der Waals surface area contributed by atoms with Gasteiger partial charge in [-0.2, -0.15) is 18.3 Å². The van der Waals surface area contributed by atoms with Gasteiger partial charge in [0.15, 0.2) is 0 Å². The number of aromatic nitrogens is 2. The van der Waals surface area contributed by atoms with Gasteiger partial charge in [0.05, 0.1) is 11.4 Å². The number of nitrogens with two attached hydrogens (primary N) is 1. The van der Waals surface area contributed by atoms with E-state index in [0.29, 0.717) is 23.5 Å². The zero-order valence-electron chi connectivity index (χ0n) is 14.2. The van der Waals surface area contributed by atoms with Crippen molar-refractivity contribution >= 4 is 17.4 Å². The van der Waals surface area contributed by atoms with Crippen molar-refractivity contribution in [3.05, 3.63) is 35.5 Å². The lowest BCUT2D eigenvalue weighted by molar-refractivity contribution is -0.170. The van der Waals surface area contributed by atoms with E-state index in [1.807, 2.05) is 20.8 Å². The van der Waals surface area contributed by atoms with Crippen LogP contribution in [0.1, 0.15) is 32.0 Å². The van der Waals surface area contributed by atoms with Crippen LogP contribution in [-0.2, 0) is 16.6 Å². The number of nitrogens with zero attached hydrogens (tertiary/aromatic N) is 3. The minimum atomic E-state index is -4.90. The Balaban J connectivity index is 2.03. The van der Waals surface area contributed by atoms with Crippen LogP contribution in [0.25, 0.3) is 5.69 Å². The first-order chi connectivity index (χ1) is 11.5. The average molecular weight is 352 g/mol. The fourth-order valence-electron chi connectivity index (χ4n) is 2.83. The molecule has 25 heavy (non-hydrogen) atoms. The summed E-state index contributed by atoms with van der Waals surface area (Å²) in [5.41, 5.74) is 8.05. The van der Waals surface area contributed by atoms with Crippen LogP contribution in [0.2, 0.25) is 0 Å². The predicted octanol–water partition coefficient (Wildman–Crippen LogP) is 3.20. The molecule has 1 aliphatic rings. The van der Waals surface area contributed by atoms with Crippen molar-refractivity contribution in [1.29, 1.82) is 0 Å². The fourth-order valence-corrected chi connectivity index (χ4v) is 2.83. The molecule has 0 saturated heterocycles. The van der Waals surface area contributed by atoms with Crippen molar-refractivity contribution < 1.29 is 18.0 Å². The molecule has 0 aliphatic carbocycles. The van der Waals surface area contributed by atoms with Crippen LogP contribution in [0.4, 0.5) is 24.7 Å². The van der Waals surface area contributed by atoms with E-state index in [4.69, 9.17) is 5.73 Å². The van der Waals surface area contributed by atoms with E-state index in [1.165, 1.54) is 10.7 Å². The molecule has 1 amide bonds.